The summed E-state index contributed by atoms with van der Waals surface area (Å²) in [7, 11) is 0. The lowest BCUT2D eigenvalue weighted by Crippen LogP contribution is -2.37. The molecule has 5 nitrogen and oxygen atoms in total. The maximum Gasteiger partial charge on any atom is 0.325 e. The number of nitrogens with zero attached hydrogens (tertiary/aromatic N) is 2. The standard InChI is InChI=1S/C13H12N2O3/c16-11(17)7-15-13(18)10-6-9(10)12(14-15)8-4-2-1-3-5-8/h1-5,9-10H,6-7H2,(H,16,17)/t9-,10-/m0/s1. The first-order valence-electron chi connectivity index (χ1n) is 5.84. The zero-order chi connectivity index (χ0) is 12.7. The summed E-state index contributed by atoms with van der Waals surface area (Å²) >= 11 is 0. The highest BCUT2D eigenvalue weighted by atomic mass is 16.4. The lowest BCUT2D eigenvalue weighted by Gasteiger charge is -2.21. The van der Waals surface area contributed by atoms with Gasteiger partial charge in [0.15, 0.2) is 0 Å². The third-order valence-electron chi connectivity index (χ3n) is 3.30. The molecule has 1 heterocycles. The Balaban J connectivity index is 1.94. The fourth-order valence-electron chi connectivity index (χ4n) is 2.34. The van der Waals surface area contributed by atoms with Crippen LogP contribution in [0.5, 0.6) is 0 Å². The van der Waals surface area contributed by atoms with E-state index in [9.17, 15) is 9.59 Å². The molecule has 92 valence electrons. The Morgan fingerprint density at radius 3 is 2.72 bits per heavy atom. The first-order chi connectivity index (χ1) is 8.66. The normalized spacial score (nSPS) is 25.4. The van der Waals surface area contributed by atoms with Crippen molar-refractivity contribution < 1.29 is 14.7 Å². The molecule has 1 saturated carbocycles. The minimum atomic E-state index is -1.04. The molecular formula is C13H12N2O3. The van der Waals surface area contributed by atoms with E-state index in [1.807, 2.05) is 30.3 Å². The number of fused-ring (bicyclic) bond motifs is 1. The van der Waals surface area contributed by atoms with Crippen molar-refractivity contribution in [1.82, 2.24) is 5.01 Å². The minimum Gasteiger partial charge on any atom is -0.480 e. The van der Waals surface area contributed by atoms with Gasteiger partial charge in [-0.05, 0) is 12.0 Å². The van der Waals surface area contributed by atoms with E-state index in [4.69, 9.17) is 5.11 Å². The smallest absolute Gasteiger partial charge is 0.325 e. The predicted octanol–water partition coefficient (Wildman–Crippen LogP) is 0.954. The summed E-state index contributed by atoms with van der Waals surface area (Å²) in [5.74, 6) is -1.11. The van der Waals surface area contributed by atoms with Crippen LogP contribution in [0.2, 0.25) is 0 Å². The molecule has 2 aliphatic rings. The van der Waals surface area contributed by atoms with Crippen LogP contribution in [0, 0.1) is 11.8 Å². The Morgan fingerprint density at radius 1 is 1.33 bits per heavy atom. The van der Waals surface area contributed by atoms with Gasteiger partial charge in [0.05, 0.1) is 5.71 Å². The van der Waals surface area contributed by atoms with Crippen LogP contribution >= 0.6 is 0 Å². The quantitative estimate of drug-likeness (QED) is 0.860. The molecule has 1 aromatic rings. The van der Waals surface area contributed by atoms with Crippen molar-refractivity contribution in [3.8, 4) is 0 Å². The van der Waals surface area contributed by atoms with Crippen molar-refractivity contribution in [2.75, 3.05) is 6.54 Å². The lowest BCUT2D eigenvalue weighted by atomic mass is 10.0. The number of carboxylic acid groups (broad SMARTS) is 1. The van der Waals surface area contributed by atoms with Gasteiger partial charge in [-0.3, -0.25) is 9.59 Å². The van der Waals surface area contributed by atoms with E-state index < -0.39 is 5.97 Å². The van der Waals surface area contributed by atoms with E-state index in [0.29, 0.717) is 0 Å². The summed E-state index contributed by atoms with van der Waals surface area (Å²) < 4.78 is 0. The Labute approximate surface area is 104 Å². The van der Waals surface area contributed by atoms with Crippen LogP contribution in [0.3, 0.4) is 0 Å². The van der Waals surface area contributed by atoms with Crippen LogP contribution in [0.25, 0.3) is 0 Å². The molecule has 2 atom stereocenters. The molecule has 1 aromatic carbocycles. The number of amides is 1. The van der Waals surface area contributed by atoms with Crippen LogP contribution in [-0.2, 0) is 9.59 Å². The summed E-state index contributed by atoms with van der Waals surface area (Å²) in [5, 5.41) is 14.1. The molecule has 1 amide bonds. The number of rotatable bonds is 3. The van der Waals surface area contributed by atoms with Gasteiger partial charge in [-0.2, -0.15) is 5.10 Å². The highest BCUT2D eigenvalue weighted by molar-refractivity contribution is 6.09. The van der Waals surface area contributed by atoms with Gasteiger partial charge in [0, 0.05) is 11.8 Å². The predicted molar refractivity (Wildman–Crippen MR) is 63.9 cm³/mol. The number of hydrazone groups is 1. The molecule has 1 fully saturated rings. The van der Waals surface area contributed by atoms with Gasteiger partial charge in [0.2, 0.25) is 5.91 Å². The summed E-state index contributed by atoms with van der Waals surface area (Å²) in [6, 6.07) is 9.60. The number of hydrogen-bond donors (Lipinski definition) is 1. The molecule has 5 heteroatoms. The van der Waals surface area contributed by atoms with E-state index in [1.165, 1.54) is 0 Å². The van der Waals surface area contributed by atoms with Crippen LogP contribution in [-0.4, -0.2) is 34.2 Å². The van der Waals surface area contributed by atoms with Crippen LogP contribution < -0.4 is 0 Å². The molecule has 1 aliphatic carbocycles. The van der Waals surface area contributed by atoms with Gasteiger partial charge < -0.3 is 5.11 Å². The first-order valence-corrected chi connectivity index (χ1v) is 5.84. The number of hydrogen-bond acceptors (Lipinski definition) is 3. The average Bonchev–Trinajstić information content (AvgIpc) is 3.14. The molecule has 1 aliphatic heterocycles. The third kappa shape index (κ3) is 1.77. The Bertz CT molecular complexity index is 538. The van der Waals surface area contributed by atoms with E-state index in [2.05, 4.69) is 5.10 Å². The summed E-state index contributed by atoms with van der Waals surface area (Å²) in [6.07, 6.45) is 0.780. The van der Waals surface area contributed by atoms with E-state index in [1.54, 1.807) is 0 Å². The third-order valence-corrected chi connectivity index (χ3v) is 3.30. The molecule has 0 radical (unpaired) electrons. The number of aliphatic carboxylic acids is 1. The zero-order valence-corrected chi connectivity index (χ0v) is 9.61. The molecule has 3 rings (SSSR count). The molecule has 0 saturated heterocycles. The maximum atomic E-state index is 11.8. The van der Waals surface area contributed by atoms with E-state index in [0.717, 1.165) is 22.7 Å². The fourth-order valence-corrected chi connectivity index (χ4v) is 2.34. The monoisotopic (exact) mass is 244 g/mol. The van der Waals surface area contributed by atoms with Gasteiger partial charge in [0.1, 0.15) is 6.54 Å². The second kappa shape index (κ2) is 3.94. The van der Waals surface area contributed by atoms with Gasteiger partial charge in [0.25, 0.3) is 0 Å². The van der Waals surface area contributed by atoms with Crippen molar-refractivity contribution in [3.63, 3.8) is 0 Å². The Kier molecular flexibility index (Phi) is 2.40. The number of carboxylic acids is 1. The molecule has 1 N–H and O–H groups in total. The van der Waals surface area contributed by atoms with Crippen molar-refractivity contribution in [1.29, 1.82) is 0 Å². The van der Waals surface area contributed by atoms with E-state index >= 15 is 0 Å². The highest BCUT2D eigenvalue weighted by Gasteiger charge is 2.51. The minimum absolute atomic E-state index is 0.0722. The van der Waals surface area contributed by atoms with Crippen molar-refractivity contribution in [2.45, 2.75) is 6.42 Å². The number of benzene rings is 1. The number of carbonyl (C=O) groups is 2. The summed E-state index contributed by atoms with van der Waals surface area (Å²) in [4.78, 5) is 22.5. The van der Waals surface area contributed by atoms with Crippen LogP contribution in [0.4, 0.5) is 0 Å². The second-order valence-corrected chi connectivity index (χ2v) is 4.59. The first kappa shape index (κ1) is 11.0. The van der Waals surface area contributed by atoms with Crippen molar-refractivity contribution >= 4 is 17.6 Å². The van der Waals surface area contributed by atoms with Gasteiger partial charge in [-0.15, -0.1) is 0 Å². The number of carbonyl (C=O) groups excluding carboxylic acids is 1. The van der Waals surface area contributed by atoms with Gasteiger partial charge in [-0.1, -0.05) is 30.3 Å². The molecule has 0 spiro atoms. The topological polar surface area (TPSA) is 70.0 Å². The average molecular weight is 244 g/mol. The fraction of sp³-hybridized carbons (Fsp3) is 0.308. The van der Waals surface area contributed by atoms with Crippen LogP contribution in [0.1, 0.15) is 12.0 Å². The Morgan fingerprint density at radius 2 is 2.06 bits per heavy atom. The van der Waals surface area contributed by atoms with Crippen molar-refractivity contribution in [3.05, 3.63) is 35.9 Å². The van der Waals surface area contributed by atoms with Gasteiger partial charge in [-0.25, -0.2) is 5.01 Å². The largest absolute Gasteiger partial charge is 0.480 e. The van der Waals surface area contributed by atoms with E-state index in [-0.39, 0.29) is 24.3 Å². The highest BCUT2D eigenvalue weighted by Crippen LogP contribution is 2.45. The summed E-state index contributed by atoms with van der Waals surface area (Å²) in [5.41, 5.74) is 1.80. The molecule has 0 bridgehead atoms. The van der Waals surface area contributed by atoms with Crippen LogP contribution in [0.15, 0.2) is 35.4 Å². The summed E-state index contributed by atoms with van der Waals surface area (Å²) in [6.45, 7) is -0.363. The van der Waals surface area contributed by atoms with Crippen molar-refractivity contribution in [2.24, 2.45) is 16.9 Å². The zero-order valence-electron chi connectivity index (χ0n) is 9.61. The Hall–Kier alpha value is -2.17. The van der Waals surface area contributed by atoms with Gasteiger partial charge >= 0.3 is 5.97 Å². The lowest BCUT2D eigenvalue weighted by molar-refractivity contribution is -0.145. The maximum absolute atomic E-state index is 11.8. The second-order valence-electron chi connectivity index (χ2n) is 4.59. The molecule has 0 aromatic heterocycles. The molecule has 0 unspecified atom stereocenters. The molecule has 18 heavy (non-hydrogen) atoms. The molecular weight excluding hydrogens is 232 g/mol. The SMILES string of the molecule is O=C(O)CN1N=C(c2ccccc2)[C@H]2C[C@@H]2C1=O.